The molecule has 6 nitrogen and oxygen atoms in total. The van der Waals surface area contributed by atoms with Gasteiger partial charge in [0.05, 0.1) is 25.4 Å². The lowest BCUT2D eigenvalue weighted by atomic mass is 10.0. The Morgan fingerprint density at radius 1 is 0.346 bits per heavy atom. The monoisotopic (exact) mass is 1100 g/mol. The predicted molar refractivity (Wildman–Crippen MR) is 343 cm³/mol. The molecule has 2 unspecified atom stereocenters. The van der Waals surface area contributed by atoms with Crippen LogP contribution in [0, 0.1) is 0 Å². The van der Waals surface area contributed by atoms with Crippen LogP contribution in [-0.2, 0) is 14.3 Å². The number of carbonyl (C=O) groups excluding carboxylic acids is 2. The molecule has 0 heterocycles. The van der Waals surface area contributed by atoms with Gasteiger partial charge in [-0.25, -0.2) is 0 Å². The first-order valence-corrected chi connectivity index (χ1v) is 36.0. The smallest absolute Gasteiger partial charge is 0.305 e. The summed E-state index contributed by atoms with van der Waals surface area (Å²) in [5.41, 5.74) is 0. The molecule has 0 aromatic rings. The molecule has 0 aromatic carbocycles. The Kier molecular flexibility index (Phi) is 66.9. The molecule has 0 radical (unpaired) electrons. The first-order chi connectivity index (χ1) is 38.5. The third-order valence-corrected chi connectivity index (χ3v) is 17.1. The van der Waals surface area contributed by atoms with E-state index in [1.54, 1.807) is 6.08 Å². The van der Waals surface area contributed by atoms with Crippen LogP contribution in [0.5, 0.6) is 0 Å². The van der Waals surface area contributed by atoms with E-state index in [0.717, 1.165) is 38.5 Å². The van der Waals surface area contributed by atoms with E-state index in [4.69, 9.17) is 4.74 Å². The molecule has 3 N–H and O–H groups in total. The molecule has 2 atom stereocenters. The van der Waals surface area contributed by atoms with E-state index < -0.39 is 12.1 Å². The Hall–Kier alpha value is -1.40. The number of esters is 1. The van der Waals surface area contributed by atoms with Crippen LogP contribution in [0.4, 0.5) is 0 Å². The van der Waals surface area contributed by atoms with Crippen LogP contribution in [0.25, 0.3) is 0 Å². The number of rotatable bonds is 68. The highest BCUT2D eigenvalue weighted by Gasteiger charge is 2.18. The molecule has 0 aliphatic heterocycles. The zero-order valence-electron chi connectivity index (χ0n) is 53.2. The lowest BCUT2D eigenvalue weighted by Gasteiger charge is -2.20. The van der Waals surface area contributed by atoms with Crippen molar-refractivity contribution in [1.82, 2.24) is 5.32 Å². The van der Waals surface area contributed by atoms with Crippen molar-refractivity contribution >= 4 is 11.9 Å². The minimum absolute atomic E-state index is 0.0258. The number of allylic oxidation sites excluding steroid dienone is 1. The summed E-state index contributed by atoms with van der Waals surface area (Å²) in [5.74, 6) is -0.0361. The number of ether oxygens (including phenoxy) is 1. The van der Waals surface area contributed by atoms with E-state index in [-0.39, 0.29) is 18.5 Å². The lowest BCUT2D eigenvalue weighted by Crippen LogP contribution is -2.45. The van der Waals surface area contributed by atoms with E-state index in [0.29, 0.717) is 19.4 Å². The predicted octanol–water partition coefficient (Wildman–Crippen LogP) is 23.1. The summed E-state index contributed by atoms with van der Waals surface area (Å²) in [6, 6.07) is -0.622. The lowest BCUT2D eigenvalue weighted by molar-refractivity contribution is -0.143. The van der Waals surface area contributed by atoms with E-state index in [9.17, 15) is 19.8 Å². The van der Waals surface area contributed by atoms with Gasteiger partial charge in [0.1, 0.15) is 0 Å². The number of aliphatic hydroxyl groups is 2. The van der Waals surface area contributed by atoms with Crippen LogP contribution < -0.4 is 5.32 Å². The molecular formula is C72H141NO5. The topological polar surface area (TPSA) is 95.9 Å². The number of hydrogen-bond acceptors (Lipinski definition) is 5. The SMILES string of the molecule is CCCCCCCCCCCC/C=C/C(O)C(CO)NC(=O)CCCCCCCCCCCCCCCCCCCCCCCCCCCCCCCCCCOC(=O)CCCCCCCCCCCCCCCCCCC. The molecule has 1 amide bonds. The van der Waals surface area contributed by atoms with Crippen LogP contribution in [0.2, 0.25) is 0 Å². The third-order valence-electron chi connectivity index (χ3n) is 17.1. The van der Waals surface area contributed by atoms with Crippen molar-refractivity contribution in [1.29, 1.82) is 0 Å². The molecule has 0 aliphatic carbocycles. The van der Waals surface area contributed by atoms with Gasteiger partial charge in [-0.05, 0) is 32.1 Å². The first-order valence-electron chi connectivity index (χ1n) is 36.0. The quantitative estimate of drug-likeness (QED) is 0.0320. The van der Waals surface area contributed by atoms with E-state index in [2.05, 4.69) is 19.2 Å². The summed E-state index contributed by atoms with van der Waals surface area (Å²) in [4.78, 5) is 24.6. The Morgan fingerprint density at radius 2 is 0.590 bits per heavy atom. The molecule has 0 spiro atoms. The van der Waals surface area contributed by atoms with E-state index >= 15 is 0 Å². The fourth-order valence-corrected chi connectivity index (χ4v) is 11.6. The van der Waals surface area contributed by atoms with Gasteiger partial charge in [-0.3, -0.25) is 9.59 Å². The maximum absolute atomic E-state index is 12.5. The van der Waals surface area contributed by atoms with Crippen molar-refractivity contribution in [3.05, 3.63) is 12.2 Å². The third kappa shape index (κ3) is 63.8. The summed E-state index contributed by atoms with van der Waals surface area (Å²) < 4.78 is 5.51. The van der Waals surface area contributed by atoms with Crippen molar-refractivity contribution in [3.8, 4) is 0 Å². The van der Waals surface area contributed by atoms with Crippen LogP contribution in [0.1, 0.15) is 412 Å². The number of carbonyl (C=O) groups is 2. The van der Waals surface area contributed by atoms with Gasteiger partial charge in [-0.15, -0.1) is 0 Å². The largest absolute Gasteiger partial charge is 0.466 e. The van der Waals surface area contributed by atoms with Crippen LogP contribution in [0.3, 0.4) is 0 Å². The summed E-state index contributed by atoms with van der Waals surface area (Å²) in [5, 5.41) is 23.1. The Balaban J connectivity index is 3.30. The van der Waals surface area contributed by atoms with Crippen molar-refractivity contribution in [3.63, 3.8) is 0 Å². The number of unbranched alkanes of at least 4 members (excludes halogenated alkanes) is 57. The molecular weight excluding hydrogens is 959 g/mol. The van der Waals surface area contributed by atoms with E-state index in [1.807, 2.05) is 6.08 Å². The summed E-state index contributed by atoms with van der Waals surface area (Å²) in [6.07, 6.45) is 84.6. The molecule has 6 heteroatoms. The zero-order valence-corrected chi connectivity index (χ0v) is 53.2. The van der Waals surface area contributed by atoms with Gasteiger partial charge in [-0.2, -0.15) is 0 Å². The molecule has 0 rings (SSSR count). The van der Waals surface area contributed by atoms with Crippen molar-refractivity contribution in [2.24, 2.45) is 0 Å². The molecule has 78 heavy (non-hydrogen) atoms. The van der Waals surface area contributed by atoms with Crippen LogP contribution in [-0.4, -0.2) is 47.4 Å². The molecule has 464 valence electrons. The normalized spacial score (nSPS) is 12.5. The Morgan fingerprint density at radius 3 is 0.872 bits per heavy atom. The molecule has 0 aliphatic rings. The number of hydrogen-bond donors (Lipinski definition) is 3. The zero-order chi connectivity index (χ0) is 56.4. The van der Waals surface area contributed by atoms with Gasteiger partial charge in [0.15, 0.2) is 0 Å². The fourth-order valence-electron chi connectivity index (χ4n) is 11.6. The number of nitrogens with one attached hydrogen (secondary N) is 1. The van der Waals surface area contributed by atoms with Crippen molar-refractivity contribution in [2.75, 3.05) is 13.2 Å². The molecule has 0 fully saturated rings. The highest BCUT2D eigenvalue weighted by atomic mass is 16.5. The van der Waals surface area contributed by atoms with Gasteiger partial charge in [0, 0.05) is 12.8 Å². The Bertz CT molecular complexity index is 1180. The number of aliphatic hydroxyl groups excluding tert-OH is 2. The highest BCUT2D eigenvalue weighted by Crippen LogP contribution is 2.19. The molecule has 0 bridgehead atoms. The van der Waals surface area contributed by atoms with Gasteiger partial charge >= 0.3 is 5.97 Å². The fraction of sp³-hybridized carbons (Fsp3) is 0.944. The van der Waals surface area contributed by atoms with E-state index in [1.165, 1.54) is 347 Å². The summed E-state index contributed by atoms with van der Waals surface area (Å²) in [7, 11) is 0. The molecule has 0 aromatic heterocycles. The molecule has 0 saturated carbocycles. The van der Waals surface area contributed by atoms with Gasteiger partial charge in [-0.1, -0.05) is 379 Å². The minimum atomic E-state index is -0.839. The first kappa shape index (κ1) is 76.6. The van der Waals surface area contributed by atoms with Crippen LogP contribution in [0.15, 0.2) is 12.2 Å². The number of amides is 1. The van der Waals surface area contributed by atoms with Crippen molar-refractivity contribution < 1.29 is 24.5 Å². The second-order valence-corrected chi connectivity index (χ2v) is 24.9. The summed E-state index contributed by atoms with van der Waals surface area (Å²) >= 11 is 0. The second kappa shape index (κ2) is 68.1. The maximum Gasteiger partial charge on any atom is 0.305 e. The molecule has 0 saturated heterocycles. The maximum atomic E-state index is 12.5. The average Bonchev–Trinajstić information content (AvgIpc) is 3.44. The Labute approximate surface area is 489 Å². The average molecular weight is 1100 g/mol. The second-order valence-electron chi connectivity index (χ2n) is 24.9. The van der Waals surface area contributed by atoms with Gasteiger partial charge < -0.3 is 20.3 Å². The van der Waals surface area contributed by atoms with Crippen LogP contribution >= 0.6 is 0 Å². The standard InChI is InChI=1S/C72H141NO5/c1-3-5-7-9-11-13-15-17-18-35-39-42-46-50-54-58-62-66-72(77)78-67-63-59-55-51-47-43-40-37-34-32-30-28-26-24-22-20-19-21-23-25-27-29-31-33-36-38-41-45-49-53-57-61-65-71(76)73-69(68-74)70(75)64-60-56-52-48-44-16-14-12-10-8-6-4-2/h60,64,69-70,74-75H,3-59,61-63,65-68H2,1-2H3,(H,73,76)/b64-60+. The highest BCUT2D eigenvalue weighted by molar-refractivity contribution is 5.76. The van der Waals surface area contributed by atoms with Gasteiger partial charge in [0.2, 0.25) is 5.91 Å². The summed E-state index contributed by atoms with van der Waals surface area (Å²) in [6.45, 7) is 4.94. The van der Waals surface area contributed by atoms with Crippen molar-refractivity contribution in [2.45, 2.75) is 424 Å². The minimum Gasteiger partial charge on any atom is -0.466 e. The van der Waals surface area contributed by atoms with Gasteiger partial charge in [0.25, 0.3) is 0 Å².